The molecule has 13 nitrogen and oxygen atoms in total. The molecule has 0 spiro atoms. The van der Waals surface area contributed by atoms with E-state index in [2.05, 4.69) is 27.8 Å². The predicted molar refractivity (Wildman–Crippen MR) is 177 cm³/mol. The van der Waals surface area contributed by atoms with Crippen LogP contribution in [0.15, 0.2) is 12.7 Å². The summed E-state index contributed by atoms with van der Waals surface area (Å²) in [5.74, 6) is -2.75. The molecule has 262 valence electrons. The number of piperidine rings is 1. The van der Waals surface area contributed by atoms with Crippen LogP contribution in [0.3, 0.4) is 0 Å². The SMILES string of the molecule is C=CCNC(=O)C(=O)C(CC)NC(=O)[C@@H]1[C@@H]2[C@H](CN1C(=O)[C@@H](NC(=O)N[C@H](CN(C)S(=O)(=O)CC)C(C)(C)C)C(C)(C)C)C2(C)C. The van der Waals surface area contributed by atoms with Crippen molar-refractivity contribution in [2.75, 3.05) is 32.4 Å². The smallest absolute Gasteiger partial charge is 0.315 e. The number of likely N-dealkylation sites (tertiary alicyclic amines) is 1. The Hall–Kier alpha value is -3.00. The van der Waals surface area contributed by atoms with Crippen LogP contribution >= 0.6 is 0 Å². The van der Waals surface area contributed by atoms with Crippen LogP contribution in [0.4, 0.5) is 4.79 Å². The van der Waals surface area contributed by atoms with Crippen molar-refractivity contribution in [1.29, 1.82) is 0 Å². The normalized spacial score (nSPS) is 22.6. The molecule has 46 heavy (non-hydrogen) atoms. The first kappa shape index (κ1) is 39.2. The second-order valence-corrected chi connectivity index (χ2v) is 17.6. The number of hydrogen-bond acceptors (Lipinski definition) is 7. The van der Waals surface area contributed by atoms with Gasteiger partial charge in [-0.25, -0.2) is 17.5 Å². The molecule has 1 heterocycles. The number of hydrogen-bond donors (Lipinski definition) is 4. The van der Waals surface area contributed by atoms with E-state index in [4.69, 9.17) is 0 Å². The molecule has 0 radical (unpaired) electrons. The third kappa shape index (κ3) is 8.87. The number of rotatable bonds is 14. The number of carbonyl (C=O) groups excluding carboxylic acids is 5. The Labute approximate surface area is 275 Å². The third-order valence-corrected chi connectivity index (χ3v) is 11.3. The van der Waals surface area contributed by atoms with Crippen LogP contribution in [0, 0.1) is 28.1 Å². The third-order valence-electron chi connectivity index (χ3n) is 9.45. The Morgan fingerprint density at radius 2 is 1.59 bits per heavy atom. The molecule has 2 rings (SSSR count). The first-order chi connectivity index (χ1) is 20.9. The minimum atomic E-state index is -3.49. The number of carbonyl (C=O) groups is 5. The Balaban J connectivity index is 2.31. The molecule has 1 aliphatic heterocycles. The van der Waals surface area contributed by atoms with Gasteiger partial charge in [0, 0.05) is 32.7 Å². The number of amides is 5. The van der Waals surface area contributed by atoms with Crippen molar-refractivity contribution in [3.8, 4) is 0 Å². The van der Waals surface area contributed by atoms with Gasteiger partial charge in [-0.1, -0.05) is 68.4 Å². The lowest BCUT2D eigenvalue weighted by molar-refractivity contribution is -0.145. The fourth-order valence-electron chi connectivity index (χ4n) is 6.11. The highest BCUT2D eigenvalue weighted by Crippen LogP contribution is 2.65. The maximum absolute atomic E-state index is 14.2. The van der Waals surface area contributed by atoms with Crippen molar-refractivity contribution < 1.29 is 32.4 Å². The lowest BCUT2D eigenvalue weighted by atomic mass is 9.85. The molecule has 0 aromatic carbocycles. The summed E-state index contributed by atoms with van der Waals surface area (Å²) in [5, 5.41) is 10.9. The Kier molecular flexibility index (Phi) is 12.3. The van der Waals surface area contributed by atoms with E-state index in [9.17, 15) is 32.4 Å². The van der Waals surface area contributed by atoms with Crippen LogP contribution in [0.25, 0.3) is 0 Å². The van der Waals surface area contributed by atoms with Crippen molar-refractivity contribution in [1.82, 2.24) is 30.5 Å². The summed E-state index contributed by atoms with van der Waals surface area (Å²) in [6.45, 7) is 22.3. The summed E-state index contributed by atoms with van der Waals surface area (Å²) in [4.78, 5) is 68.1. The molecule has 0 aromatic rings. The quantitative estimate of drug-likeness (QED) is 0.161. The van der Waals surface area contributed by atoms with Gasteiger partial charge in [0.1, 0.15) is 12.1 Å². The Morgan fingerprint density at radius 3 is 2.07 bits per heavy atom. The van der Waals surface area contributed by atoms with Gasteiger partial charge < -0.3 is 26.2 Å². The number of ketones is 1. The zero-order valence-electron chi connectivity index (χ0n) is 29.4. The van der Waals surface area contributed by atoms with Crippen LogP contribution in [0.2, 0.25) is 0 Å². The average Bonchev–Trinajstić information content (AvgIpc) is 3.27. The van der Waals surface area contributed by atoms with Gasteiger partial charge in [-0.3, -0.25) is 19.2 Å². The van der Waals surface area contributed by atoms with Crippen molar-refractivity contribution in [2.45, 2.75) is 99.8 Å². The van der Waals surface area contributed by atoms with Gasteiger partial charge in [0.2, 0.25) is 27.6 Å². The second-order valence-electron chi connectivity index (χ2n) is 15.2. The van der Waals surface area contributed by atoms with Crippen LogP contribution in [-0.4, -0.2) is 104 Å². The first-order valence-corrected chi connectivity index (χ1v) is 17.6. The van der Waals surface area contributed by atoms with Crippen molar-refractivity contribution in [2.24, 2.45) is 28.1 Å². The lowest BCUT2D eigenvalue weighted by Crippen LogP contribution is -2.62. The molecular formula is C32H56N6O7S. The molecule has 2 fully saturated rings. The second kappa shape index (κ2) is 14.4. The topological polar surface area (TPSA) is 174 Å². The van der Waals surface area contributed by atoms with Gasteiger partial charge in [0.15, 0.2) is 0 Å². The monoisotopic (exact) mass is 668 g/mol. The van der Waals surface area contributed by atoms with E-state index in [1.54, 1.807) is 13.8 Å². The number of nitrogens with zero attached hydrogens (tertiary/aromatic N) is 2. The zero-order chi connectivity index (χ0) is 35.6. The van der Waals surface area contributed by atoms with Crippen molar-refractivity contribution >= 4 is 39.6 Å². The number of sulfonamides is 1. The van der Waals surface area contributed by atoms with E-state index in [-0.39, 0.29) is 42.5 Å². The number of Topliss-reactive ketones (excluding diaryl/α,β-unsaturated/α-hetero) is 1. The lowest BCUT2D eigenvalue weighted by Gasteiger charge is -2.39. The molecule has 2 aliphatic rings. The number of nitrogens with one attached hydrogen (secondary N) is 4. The molecule has 1 unspecified atom stereocenters. The minimum Gasteiger partial charge on any atom is -0.346 e. The number of urea groups is 1. The van der Waals surface area contributed by atoms with Crippen LogP contribution in [0.1, 0.15) is 75.7 Å². The number of fused-ring (bicyclic) bond motifs is 1. The van der Waals surface area contributed by atoms with Gasteiger partial charge in [0.05, 0.1) is 11.8 Å². The summed E-state index contributed by atoms with van der Waals surface area (Å²) in [7, 11) is -2.03. The van der Waals surface area contributed by atoms with Crippen LogP contribution in [-0.2, 0) is 29.2 Å². The van der Waals surface area contributed by atoms with Gasteiger partial charge in [-0.15, -0.1) is 6.58 Å². The zero-order valence-corrected chi connectivity index (χ0v) is 30.3. The maximum Gasteiger partial charge on any atom is 0.315 e. The minimum absolute atomic E-state index is 0.0387. The van der Waals surface area contributed by atoms with E-state index in [0.29, 0.717) is 6.54 Å². The summed E-state index contributed by atoms with van der Waals surface area (Å²) in [6.07, 6.45) is 1.63. The standard InChI is InChI=1S/C32H56N6O7S/c1-13-16-33-27(41)24(39)20(14-2)34-26(40)23-22-19(32(22,10)11)17-38(23)28(42)25(31(7,8)9)36-29(43)35-21(30(4,5)6)18-37(12)46(44,45)15-3/h13,19-23,25H,1,14-18H2,2-12H3,(H,33,41)(H,34,40)(H2,35,36,43)/t19-,20?,21+,22-,23-,25+/m0/s1. The number of likely N-dealkylation sites (N-methyl/N-ethyl adjacent to an activating group) is 1. The molecule has 0 aromatic heterocycles. The summed E-state index contributed by atoms with van der Waals surface area (Å²) >= 11 is 0. The van der Waals surface area contributed by atoms with E-state index in [1.807, 2.05) is 55.4 Å². The summed E-state index contributed by atoms with van der Waals surface area (Å²) in [5.41, 5.74) is -1.49. The molecule has 6 atom stereocenters. The van der Waals surface area contributed by atoms with E-state index in [0.717, 1.165) is 0 Å². The molecule has 5 amide bonds. The van der Waals surface area contributed by atoms with Gasteiger partial charge in [0.25, 0.3) is 5.91 Å². The fourth-order valence-corrected chi connectivity index (χ4v) is 6.92. The molecule has 1 saturated carbocycles. The predicted octanol–water partition coefficient (Wildman–Crippen LogP) is 1.65. The first-order valence-electron chi connectivity index (χ1n) is 16.0. The highest BCUT2D eigenvalue weighted by Gasteiger charge is 2.70. The van der Waals surface area contributed by atoms with Gasteiger partial charge >= 0.3 is 6.03 Å². The highest BCUT2D eigenvalue weighted by molar-refractivity contribution is 7.89. The molecule has 4 N–H and O–H groups in total. The Morgan fingerprint density at radius 1 is 1.00 bits per heavy atom. The molecule has 14 heteroatoms. The largest absolute Gasteiger partial charge is 0.346 e. The molecule has 0 bridgehead atoms. The van der Waals surface area contributed by atoms with Crippen molar-refractivity contribution in [3.63, 3.8) is 0 Å². The van der Waals surface area contributed by atoms with Gasteiger partial charge in [-0.05, 0) is 41.4 Å². The van der Waals surface area contributed by atoms with E-state index < -0.39 is 74.6 Å². The summed E-state index contributed by atoms with van der Waals surface area (Å²) < 4.78 is 26.1. The Bertz CT molecular complexity index is 1300. The van der Waals surface area contributed by atoms with Crippen LogP contribution < -0.4 is 21.3 Å². The summed E-state index contributed by atoms with van der Waals surface area (Å²) in [6, 6.07) is -4.21. The molecule has 1 aliphatic carbocycles. The van der Waals surface area contributed by atoms with Crippen molar-refractivity contribution in [3.05, 3.63) is 12.7 Å². The molecular weight excluding hydrogens is 612 g/mol. The van der Waals surface area contributed by atoms with E-state index >= 15 is 0 Å². The fraction of sp³-hybridized carbons (Fsp3) is 0.781. The van der Waals surface area contributed by atoms with Crippen LogP contribution in [0.5, 0.6) is 0 Å². The molecule has 1 saturated heterocycles. The van der Waals surface area contributed by atoms with E-state index in [1.165, 1.54) is 22.3 Å². The highest BCUT2D eigenvalue weighted by atomic mass is 32.2. The maximum atomic E-state index is 14.2. The van der Waals surface area contributed by atoms with Gasteiger partial charge in [-0.2, -0.15) is 0 Å². The average molecular weight is 669 g/mol.